The average Bonchev–Trinajstić information content (AvgIpc) is 2.78. The van der Waals surface area contributed by atoms with Gasteiger partial charge < -0.3 is 4.74 Å². The molecule has 0 heterocycles. The van der Waals surface area contributed by atoms with E-state index in [1.165, 1.54) is 12.7 Å². The Hall–Kier alpha value is -1.31. The zero-order valence-corrected chi connectivity index (χ0v) is 8.98. The topological polar surface area (TPSA) is 26.3 Å². The van der Waals surface area contributed by atoms with E-state index in [4.69, 9.17) is 4.74 Å². The molecule has 1 aliphatic carbocycles. The van der Waals surface area contributed by atoms with E-state index in [0.29, 0.717) is 5.92 Å². The minimum Gasteiger partial charge on any atom is -0.469 e. The van der Waals surface area contributed by atoms with Gasteiger partial charge in [0.05, 0.1) is 13.0 Å². The maximum atomic E-state index is 11.4. The summed E-state index contributed by atoms with van der Waals surface area (Å²) < 4.78 is 4.78. The lowest BCUT2D eigenvalue weighted by Gasteiger charge is -2.10. The highest BCUT2D eigenvalue weighted by Gasteiger charge is 2.31. The SMILES string of the molecule is COC(=O)[C@@H]1CC[C@@H](c2ccccc2)C1. The van der Waals surface area contributed by atoms with Gasteiger partial charge in [-0.3, -0.25) is 4.79 Å². The molecule has 0 aromatic heterocycles. The first-order valence-electron chi connectivity index (χ1n) is 5.44. The summed E-state index contributed by atoms with van der Waals surface area (Å²) >= 11 is 0. The van der Waals surface area contributed by atoms with Gasteiger partial charge in [0.25, 0.3) is 0 Å². The number of carbonyl (C=O) groups excluding carboxylic acids is 1. The van der Waals surface area contributed by atoms with Crippen LogP contribution in [0.1, 0.15) is 30.7 Å². The number of hydrogen-bond acceptors (Lipinski definition) is 2. The molecule has 2 heteroatoms. The molecule has 0 N–H and O–H groups in total. The fourth-order valence-electron chi connectivity index (χ4n) is 2.39. The summed E-state index contributed by atoms with van der Waals surface area (Å²) in [5.41, 5.74) is 1.35. The zero-order chi connectivity index (χ0) is 10.7. The van der Waals surface area contributed by atoms with Crippen LogP contribution >= 0.6 is 0 Å². The van der Waals surface area contributed by atoms with Crippen LogP contribution in [0.5, 0.6) is 0 Å². The molecule has 0 radical (unpaired) electrons. The highest BCUT2D eigenvalue weighted by molar-refractivity contribution is 5.72. The predicted molar refractivity (Wildman–Crippen MR) is 58.5 cm³/mol. The maximum absolute atomic E-state index is 11.4. The zero-order valence-electron chi connectivity index (χ0n) is 8.98. The van der Waals surface area contributed by atoms with E-state index in [-0.39, 0.29) is 11.9 Å². The average molecular weight is 204 g/mol. The second kappa shape index (κ2) is 4.47. The minimum absolute atomic E-state index is 0.0477. The maximum Gasteiger partial charge on any atom is 0.308 e. The Balaban J connectivity index is 2.02. The summed E-state index contributed by atoms with van der Waals surface area (Å²) in [6, 6.07) is 10.4. The van der Waals surface area contributed by atoms with E-state index >= 15 is 0 Å². The van der Waals surface area contributed by atoms with Crippen molar-refractivity contribution in [3.63, 3.8) is 0 Å². The molecule has 1 fully saturated rings. The van der Waals surface area contributed by atoms with E-state index < -0.39 is 0 Å². The molecule has 1 aromatic rings. The number of rotatable bonds is 2. The normalized spacial score (nSPS) is 25.1. The van der Waals surface area contributed by atoms with Crippen LogP contribution in [0.25, 0.3) is 0 Å². The molecule has 0 amide bonds. The molecular weight excluding hydrogens is 188 g/mol. The molecule has 2 nitrogen and oxygen atoms in total. The summed E-state index contributed by atoms with van der Waals surface area (Å²) in [6.07, 6.45) is 3.01. The van der Waals surface area contributed by atoms with E-state index in [1.54, 1.807) is 0 Å². The van der Waals surface area contributed by atoms with Gasteiger partial charge in [0.1, 0.15) is 0 Å². The highest BCUT2D eigenvalue weighted by atomic mass is 16.5. The van der Waals surface area contributed by atoms with Crippen molar-refractivity contribution in [2.45, 2.75) is 25.2 Å². The fraction of sp³-hybridized carbons (Fsp3) is 0.462. The van der Waals surface area contributed by atoms with Crippen LogP contribution in [0, 0.1) is 5.92 Å². The molecule has 80 valence electrons. The van der Waals surface area contributed by atoms with Crippen molar-refractivity contribution in [1.29, 1.82) is 0 Å². The lowest BCUT2D eigenvalue weighted by molar-refractivity contribution is -0.145. The Morgan fingerprint density at radius 1 is 1.27 bits per heavy atom. The van der Waals surface area contributed by atoms with Crippen molar-refractivity contribution in [2.24, 2.45) is 5.92 Å². The molecule has 2 atom stereocenters. The number of esters is 1. The van der Waals surface area contributed by atoms with E-state index in [1.807, 2.05) is 6.07 Å². The second-order valence-corrected chi connectivity index (χ2v) is 4.14. The van der Waals surface area contributed by atoms with Crippen molar-refractivity contribution in [2.75, 3.05) is 7.11 Å². The summed E-state index contributed by atoms with van der Waals surface area (Å²) in [6.45, 7) is 0. The monoisotopic (exact) mass is 204 g/mol. The molecule has 2 rings (SSSR count). The molecule has 0 bridgehead atoms. The molecule has 1 aliphatic rings. The van der Waals surface area contributed by atoms with Gasteiger partial charge in [0, 0.05) is 0 Å². The van der Waals surface area contributed by atoms with Crippen molar-refractivity contribution in [1.82, 2.24) is 0 Å². The van der Waals surface area contributed by atoms with Gasteiger partial charge in [0.15, 0.2) is 0 Å². The summed E-state index contributed by atoms with van der Waals surface area (Å²) in [5, 5.41) is 0. The Labute approximate surface area is 90.3 Å². The van der Waals surface area contributed by atoms with Gasteiger partial charge in [-0.05, 0) is 30.7 Å². The van der Waals surface area contributed by atoms with Crippen molar-refractivity contribution >= 4 is 5.97 Å². The standard InChI is InChI=1S/C13H16O2/c1-15-13(14)12-8-7-11(9-12)10-5-3-2-4-6-10/h2-6,11-12H,7-9H2,1H3/t11-,12-/m1/s1. The molecule has 0 saturated heterocycles. The third kappa shape index (κ3) is 2.20. The molecule has 0 spiro atoms. The van der Waals surface area contributed by atoms with Gasteiger partial charge >= 0.3 is 5.97 Å². The molecular formula is C13H16O2. The molecule has 0 aliphatic heterocycles. The molecule has 1 saturated carbocycles. The van der Waals surface area contributed by atoms with Crippen LogP contribution < -0.4 is 0 Å². The first-order valence-corrected chi connectivity index (χ1v) is 5.44. The van der Waals surface area contributed by atoms with E-state index in [9.17, 15) is 4.79 Å². The predicted octanol–water partition coefficient (Wildman–Crippen LogP) is 2.74. The van der Waals surface area contributed by atoms with E-state index in [0.717, 1.165) is 19.3 Å². The number of hydrogen-bond donors (Lipinski definition) is 0. The van der Waals surface area contributed by atoms with Gasteiger partial charge in [-0.15, -0.1) is 0 Å². The Morgan fingerprint density at radius 2 is 2.00 bits per heavy atom. The fourth-order valence-corrected chi connectivity index (χ4v) is 2.39. The lowest BCUT2D eigenvalue weighted by Crippen LogP contribution is -2.12. The minimum atomic E-state index is -0.0477. The Morgan fingerprint density at radius 3 is 2.67 bits per heavy atom. The van der Waals surface area contributed by atoms with Gasteiger partial charge in [0.2, 0.25) is 0 Å². The molecule has 0 unspecified atom stereocenters. The summed E-state index contributed by atoms with van der Waals surface area (Å²) in [7, 11) is 1.47. The van der Waals surface area contributed by atoms with Gasteiger partial charge in [-0.2, -0.15) is 0 Å². The lowest BCUT2D eigenvalue weighted by atomic mass is 9.96. The van der Waals surface area contributed by atoms with Crippen molar-refractivity contribution in [3.8, 4) is 0 Å². The van der Waals surface area contributed by atoms with Gasteiger partial charge in [-0.25, -0.2) is 0 Å². The summed E-state index contributed by atoms with van der Waals surface area (Å²) in [5.74, 6) is 0.601. The van der Waals surface area contributed by atoms with Crippen LogP contribution in [0.3, 0.4) is 0 Å². The molecule has 1 aromatic carbocycles. The van der Waals surface area contributed by atoms with Crippen LogP contribution in [0.2, 0.25) is 0 Å². The number of benzene rings is 1. The Bertz CT molecular complexity index is 332. The van der Waals surface area contributed by atoms with Crippen molar-refractivity contribution < 1.29 is 9.53 Å². The van der Waals surface area contributed by atoms with Crippen LogP contribution in [0.15, 0.2) is 30.3 Å². The van der Waals surface area contributed by atoms with Crippen LogP contribution in [0.4, 0.5) is 0 Å². The van der Waals surface area contributed by atoms with Gasteiger partial charge in [-0.1, -0.05) is 30.3 Å². The first-order chi connectivity index (χ1) is 7.31. The third-order valence-electron chi connectivity index (χ3n) is 3.24. The highest BCUT2D eigenvalue weighted by Crippen LogP contribution is 2.38. The molecule has 15 heavy (non-hydrogen) atoms. The van der Waals surface area contributed by atoms with E-state index in [2.05, 4.69) is 24.3 Å². The largest absolute Gasteiger partial charge is 0.469 e. The Kier molecular flexibility index (Phi) is 3.05. The van der Waals surface area contributed by atoms with Crippen LogP contribution in [-0.2, 0) is 9.53 Å². The third-order valence-corrected chi connectivity index (χ3v) is 3.24. The summed E-state index contributed by atoms with van der Waals surface area (Å²) in [4.78, 5) is 11.4. The number of carbonyl (C=O) groups is 1. The quantitative estimate of drug-likeness (QED) is 0.692. The second-order valence-electron chi connectivity index (χ2n) is 4.14. The smallest absolute Gasteiger partial charge is 0.308 e. The first kappa shape index (κ1) is 10.2. The number of ether oxygens (including phenoxy) is 1. The van der Waals surface area contributed by atoms with Crippen LogP contribution in [-0.4, -0.2) is 13.1 Å². The number of methoxy groups -OCH3 is 1. The van der Waals surface area contributed by atoms with Crippen molar-refractivity contribution in [3.05, 3.63) is 35.9 Å².